The molecule has 3 atom stereocenters. The van der Waals surface area contributed by atoms with Crippen LogP contribution in [-0.2, 0) is 28.5 Å². The number of nitrogens with zero attached hydrogens (tertiary/aromatic N) is 8. The third-order valence-corrected chi connectivity index (χ3v) is 12.3. The maximum Gasteiger partial charge on any atom is 0.335 e. The van der Waals surface area contributed by atoms with E-state index in [1.54, 1.807) is 74.5 Å². The molecule has 27 nitrogen and oxygen atoms in total. The van der Waals surface area contributed by atoms with E-state index in [1.807, 2.05) is 77.8 Å². The lowest BCUT2D eigenvalue weighted by atomic mass is 10.1. The van der Waals surface area contributed by atoms with Crippen LogP contribution in [0.2, 0.25) is 0 Å². The zero-order chi connectivity index (χ0) is 61.1. The molecule has 9 N–H and O–H groups in total. The second-order valence-electron chi connectivity index (χ2n) is 19.0. The molecule has 448 valence electrons. The van der Waals surface area contributed by atoms with E-state index in [9.17, 15) is 33.9 Å². The van der Waals surface area contributed by atoms with Crippen LogP contribution < -0.4 is 16.5 Å². The van der Waals surface area contributed by atoms with Gasteiger partial charge in [0.25, 0.3) is 23.6 Å². The Kier molecular flexibility index (Phi) is 21.2. The van der Waals surface area contributed by atoms with Gasteiger partial charge in [-0.1, -0.05) is 48.5 Å². The highest BCUT2D eigenvalue weighted by molar-refractivity contribution is 6.21. The summed E-state index contributed by atoms with van der Waals surface area (Å²) in [7, 11) is 3.70. The Bertz CT molecular complexity index is 3950. The topological polar surface area (TPSA) is 376 Å². The summed E-state index contributed by atoms with van der Waals surface area (Å²) in [6.07, 6.45) is -1.79. The Labute approximate surface area is 494 Å². The summed E-state index contributed by atoms with van der Waals surface area (Å²) in [5.41, 5.74) is 7.69. The number of hydroxylamine groups is 4. The number of fused-ring (bicyclic) bond motifs is 6. The largest absolute Gasteiger partial charge is 0.478 e. The van der Waals surface area contributed by atoms with Gasteiger partial charge in [-0.15, -0.1) is 22.5 Å². The van der Waals surface area contributed by atoms with Gasteiger partial charge in [-0.3, -0.25) is 44.7 Å². The molecule has 86 heavy (non-hydrogen) atoms. The first-order valence-electron chi connectivity index (χ1n) is 25.9. The molecular weight excluding hydrogens is 1140 g/mol. The SMILES string of the molecule is CC(O)COCC(=O)c1ccc2c(c1)nc(Nc1nc3ccccc3o1)n2C.CC(O)CON.CC(O)CON1C(=O)c2ccccc2C1=O.Cl.Cn1c(Nc2nc3ccccc3o2)nc2cc(C(=O)O)ccc21.O=C1c2ccccc2C(=O)N1O. The molecule has 12 rings (SSSR count). The zero-order valence-corrected chi connectivity index (χ0v) is 47.4. The van der Waals surface area contributed by atoms with Crippen LogP contribution in [0.4, 0.5) is 23.9 Å². The second kappa shape index (κ2) is 28.6. The molecule has 0 aliphatic carbocycles. The number of nitrogens with one attached hydrogen (secondary N) is 2. The van der Waals surface area contributed by atoms with Gasteiger partial charge in [0.05, 0.1) is 81.4 Å². The summed E-state index contributed by atoms with van der Waals surface area (Å²) in [4.78, 5) is 95.6. The summed E-state index contributed by atoms with van der Waals surface area (Å²) in [5, 5.41) is 51.5. The highest BCUT2D eigenvalue weighted by atomic mass is 35.5. The van der Waals surface area contributed by atoms with Crippen molar-refractivity contribution in [2.45, 2.75) is 39.1 Å². The monoisotopic (exact) mass is 1200 g/mol. The van der Waals surface area contributed by atoms with Crippen LogP contribution in [0.15, 0.2) is 142 Å². The zero-order valence-electron chi connectivity index (χ0n) is 46.6. The molecule has 0 fully saturated rings. The van der Waals surface area contributed by atoms with Gasteiger partial charge in [-0.05, 0) is 106 Å². The van der Waals surface area contributed by atoms with Crippen LogP contribution in [0.25, 0.3) is 44.3 Å². The number of anilines is 4. The van der Waals surface area contributed by atoms with Crippen LogP contribution in [0.3, 0.4) is 0 Å². The number of aromatic carboxylic acids is 1. The number of hydrogen-bond donors (Lipinski definition) is 8. The number of aromatic nitrogens is 6. The minimum absolute atomic E-state index is 0. The number of aryl methyl sites for hydroxylation is 2. The fourth-order valence-corrected chi connectivity index (χ4v) is 8.16. The second-order valence-corrected chi connectivity index (χ2v) is 19.0. The molecule has 2 aliphatic heterocycles. The van der Waals surface area contributed by atoms with Crippen molar-refractivity contribution in [2.75, 3.05) is 37.1 Å². The molecule has 28 heteroatoms. The quantitative estimate of drug-likeness (QED) is 0.0219. The third-order valence-electron chi connectivity index (χ3n) is 12.3. The number of carbonyl (C=O) groups is 6. The first kappa shape index (κ1) is 63.8. The van der Waals surface area contributed by atoms with Crippen LogP contribution in [-0.4, -0.2) is 145 Å². The summed E-state index contributed by atoms with van der Waals surface area (Å²) >= 11 is 0. The lowest BCUT2D eigenvalue weighted by Gasteiger charge is -2.14. The van der Waals surface area contributed by atoms with Gasteiger partial charge in [0.15, 0.2) is 16.9 Å². The number of para-hydroxylation sites is 4. The molecular formula is C58H58ClN11O16. The number of Topliss-reactive ketones (excluding diaryl/α,β-unsaturated/α-hetero) is 1. The fraction of sp³-hybridized carbons (Fsp3) is 0.207. The van der Waals surface area contributed by atoms with E-state index < -0.39 is 47.9 Å². The number of hydrogen-bond acceptors (Lipinski definition) is 22. The first-order chi connectivity index (χ1) is 40.7. The molecule has 2 aliphatic rings. The molecule has 0 spiro atoms. The van der Waals surface area contributed by atoms with Crippen LogP contribution >= 0.6 is 12.4 Å². The minimum atomic E-state index is -0.981. The molecule has 4 aromatic heterocycles. The Morgan fingerprint density at radius 1 is 0.558 bits per heavy atom. The minimum Gasteiger partial charge on any atom is -0.478 e. The fourth-order valence-electron chi connectivity index (χ4n) is 8.16. The van der Waals surface area contributed by atoms with Gasteiger partial charge in [0, 0.05) is 19.7 Å². The number of carboxylic acid groups (broad SMARTS) is 1. The van der Waals surface area contributed by atoms with Gasteiger partial charge in [0.2, 0.25) is 11.9 Å². The predicted molar refractivity (Wildman–Crippen MR) is 312 cm³/mol. The van der Waals surface area contributed by atoms with E-state index >= 15 is 0 Å². The number of benzene rings is 6. The van der Waals surface area contributed by atoms with Crippen molar-refractivity contribution in [1.82, 2.24) is 39.2 Å². The summed E-state index contributed by atoms with van der Waals surface area (Å²) in [5.74, 6) is 2.21. The summed E-state index contributed by atoms with van der Waals surface area (Å²) < 4.78 is 20.2. The molecule has 3 unspecified atom stereocenters. The van der Waals surface area contributed by atoms with Gasteiger partial charge in [0.1, 0.15) is 24.2 Å². The number of imidazole rings is 2. The van der Waals surface area contributed by atoms with E-state index in [4.69, 9.17) is 38.9 Å². The number of ether oxygens (including phenoxy) is 1. The molecule has 0 radical (unpaired) electrons. The molecule has 6 heterocycles. The summed E-state index contributed by atoms with van der Waals surface area (Å²) in [6, 6.07) is 38.6. The Morgan fingerprint density at radius 3 is 1.37 bits per heavy atom. The Balaban J connectivity index is 0.000000164. The highest BCUT2D eigenvalue weighted by Gasteiger charge is 2.37. The standard InChI is InChI=1S/C20H20N4O4.C16H12N4O3.C11H11NO4.C8H5NO3.C3H9NO2.ClH/c1-12(25)10-27-11-17(26)13-7-8-16-15(9-13)21-19(24(16)2)23-20-22-14-5-3-4-6-18(14)28-20;1-20-12-7-6-9(14(21)22)8-11(12)17-15(20)19-16-18-10-4-2-3-5-13(10)23-16;1-7(13)6-16-12-10(14)8-4-2-3-5-9(8)11(12)15;10-7-5-3-1-2-4-6(5)8(11)9(7)12;1-3(5)2-6-4;/h3-9,12,25H,10-11H2,1-2H3,(H,21,22,23);2-8H,1H3,(H,21,22)(H,17,18,19);2-5,7,13H,6H2,1H3;1-4,12H;3,5H,2,4H2,1H3;1H. The van der Waals surface area contributed by atoms with Crippen LogP contribution in [0.5, 0.6) is 0 Å². The molecule has 0 saturated carbocycles. The van der Waals surface area contributed by atoms with Crippen molar-refractivity contribution in [3.05, 3.63) is 167 Å². The van der Waals surface area contributed by atoms with Crippen molar-refractivity contribution in [2.24, 2.45) is 20.0 Å². The number of nitrogens with two attached hydrogens (primary N) is 1. The number of carbonyl (C=O) groups excluding carboxylic acids is 5. The molecule has 0 bridgehead atoms. The van der Waals surface area contributed by atoms with E-state index in [0.717, 1.165) is 22.1 Å². The lowest BCUT2D eigenvalue weighted by molar-refractivity contribution is -0.113. The maximum absolute atomic E-state index is 12.3. The number of amides is 4. The highest BCUT2D eigenvalue weighted by Crippen LogP contribution is 2.28. The average molecular weight is 1200 g/mol. The van der Waals surface area contributed by atoms with Gasteiger partial charge < -0.3 is 48.0 Å². The average Bonchev–Trinajstić information content (AvgIpc) is 2.42. The normalized spacial score (nSPS) is 13.3. The Hall–Kier alpha value is -9.81. The van der Waals surface area contributed by atoms with Crippen LogP contribution in [0.1, 0.15) is 82.9 Å². The number of aliphatic hydroxyl groups excluding tert-OH is 3. The summed E-state index contributed by atoms with van der Waals surface area (Å²) in [6.45, 7) is 4.87. The number of carboxylic acids is 1. The smallest absolute Gasteiger partial charge is 0.335 e. The first-order valence-corrected chi connectivity index (χ1v) is 25.9. The van der Waals surface area contributed by atoms with Crippen molar-refractivity contribution in [3.63, 3.8) is 0 Å². The van der Waals surface area contributed by atoms with E-state index in [2.05, 4.69) is 41.3 Å². The molecule has 0 saturated heterocycles. The lowest BCUT2D eigenvalue weighted by Crippen LogP contribution is -2.32. The third kappa shape index (κ3) is 15.1. The number of rotatable bonds is 15. The van der Waals surface area contributed by atoms with Crippen molar-refractivity contribution in [1.29, 1.82) is 0 Å². The molecule has 4 amide bonds. The van der Waals surface area contributed by atoms with E-state index in [1.165, 1.54) is 25.1 Å². The van der Waals surface area contributed by atoms with E-state index in [0.29, 0.717) is 67.9 Å². The number of imide groups is 2. The molecule has 6 aromatic carbocycles. The van der Waals surface area contributed by atoms with E-state index in [-0.39, 0.29) is 66.4 Å². The van der Waals surface area contributed by atoms with Gasteiger partial charge in [-0.2, -0.15) is 9.97 Å². The number of halogens is 1. The van der Waals surface area contributed by atoms with Gasteiger partial charge in [-0.25, -0.2) is 20.7 Å². The maximum atomic E-state index is 12.3. The van der Waals surface area contributed by atoms with Crippen LogP contribution in [0, 0.1) is 0 Å². The number of ketones is 1. The van der Waals surface area contributed by atoms with Gasteiger partial charge >= 0.3 is 18.0 Å². The Morgan fingerprint density at radius 2 is 0.965 bits per heavy atom. The molecule has 10 aromatic rings. The number of oxazole rings is 2. The van der Waals surface area contributed by atoms with Crippen molar-refractivity contribution < 1.29 is 77.6 Å². The van der Waals surface area contributed by atoms with Crippen molar-refractivity contribution in [3.8, 4) is 0 Å². The van der Waals surface area contributed by atoms with Crippen molar-refractivity contribution >= 4 is 116 Å². The predicted octanol–water partition coefficient (Wildman–Crippen LogP) is 7.14. The number of aliphatic hydroxyl groups is 3.